The van der Waals surface area contributed by atoms with Crippen LogP contribution in [0.15, 0.2) is 0 Å². The van der Waals surface area contributed by atoms with Gasteiger partial charge in [0, 0.05) is 6.04 Å². The fourth-order valence-electron chi connectivity index (χ4n) is 4.33. The van der Waals surface area contributed by atoms with Crippen molar-refractivity contribution in [1.29, 1.82) is 0 Å². The Balaban J connectivity index is 1.96. The highest BCUT2D eigenvalue weighted by molar-refractivity contribution is 5.75. The SMILES string of the molecule is NC1[C@@H]2CC3C[C@@H]1CC(C(=O)O)(C3)C2. The predicted molar refractivity (Wildman–Crippen MR) is 51.6 cm³/mol. The fraction of sp³-hybridized carbons (Fsp3) is 0.909. The molecule has 0 aromatic rings. The highest BCUT2D eigenvalue weighted by Gasteiger charge is 2.57. The van der Waals surface area contributed by atoms with Crippen LogP contribution in [-0.2, 0) is 4.79 Å². The van der Waals surface area contributed by atoms with E-state index in [9.17, 15) is 9.90 Å². The Bertz CT molecular complexity index is 273. The summed E-state index contributed by atoms with van der Waals surface area (Å²) in [7, 11) is 0. The Hall–Kier alpha value is -0.570. The zero-order valence-corrected chi connectivity index (χ0v) is 8.28. The highest BCUT2D eigenvalue weighted by atomic mass is 16.4. The summed E-state index contributed by atoms with van der Waals surface area (Å²) < 4.78 is 0. The third-order valence-corrected chi connectivity index (χ3v) is 4.80. The highest BCUT2D eigenvalue weighted by Crippen LogP contribution is 2.59. The second-order valence-corrected chi connectivity index (χ2v) is 5.63. The Labute approximate surface area is 83.7 Å². The lowest BCUT2D eigenvalue weighted by atomic mass is 9.48. The van der Waals surface area contributed by atoms with Gasteiger partial charge in [-0.05, 0) is 49.9 Å². The summed E-state index contributed by atoms with van der Waals surface area (Å²) >= 11 is 0. The molecular formula is C11H17NO2. The van der Waals surface area contributed by atoms with Crippen LogP contribution in [0.3, 0.4) is 0 Å². The summed E-state index contributed by atoms with van der Waals surface area (Å²) in [5, 5.41) is 9.32. The van der Waals surface area contributed by atoms with Crippen LogP contribution >= 0.6 is 0 Å². The van der Waals surface area contributed by atoms with Gasteiger partial charge < -0.3 is 10.8 Å². The lowest BCUT2D eigenvalue weighted by Gasteiger charge is -2.57. The molecule has 14 heavy (non-hydrogen) atoms. The maximum Gasteiger partial charge on any atom is 0.309 e. The van der Waals surface area contributed by atoms with E-state index in [0.29, 0.717) is 23.8 Å². The van der Waals surface area contributed by atoms with E-state index in [1.165, 1.54) is 12.8 Å². The monoisotopic (exact) mass is 195 g/mol. The third kappa shape index (κ3) is 0.937. The minimum Gasteiger partial charge on any atom is -0.481 e. The molecule has 4 rings (SSSR count). The number of rotatable bonds is 1. The second kappa shape index (κ2) is 2.51. The van der Waals surface area contributed by atoms with Gasteiger partial charge in [0.1, 0.15) is 0 Å². The van der Waals surface area contributed by atoms with Crippen molar-refractivity contribution in [2.75, 3.05) is 0 Å². The third-order valence-electron chi connectivity index (χ3n) is 4.80. The van der Waals surface area contributed by atoms with Crippen molar-refractivity contribution in [3.63, 3.8) is 0 Å². The van der Waals surface area contributed by atoms with E-state index in [-0.39, 0.29) is 5.41 Å². The summed E-state index contributed by atoms with van der Waals surface area (Å²) in [5.41, 5.74) is 5.75. The lowest BCUT2D eigenvalue weighted by Crippen LogP contribution is -2.58. The molecule has 4 aliphatic carbocycles. The van der Waals surface area contributed by atoms with Crippen LogP contribution in [0.25, 0.3) is 0 Å². The molecule has 0 aromatic carbocycles. The molecule has 0 amide bonds. The van der Waals surface area contributed by atoms with E-state index >= 15 is 0 Å². The summed E-state index contributed by atoms with van der Waals surface area (Å²) in [5.74, 6) is 1.09. The molecule has 4 aliphatic rings. The first-order valence-electron chi connectivity index (χ1n) is 5.60. The quantitative estimate of drug-likeness (QED) is 0.661. The van der Waals surface area contributed by atoms with Crippen molar-refractivity contribution in [1.82, 2.24) is 0 Å². The molecule has 0 aromatic heterocycles. The Kier molecular flexibility index (Phi) is 1.56. The van der Waals surface area contributed by atoms with Gasteiger partial charge in [-0.2, -0.15) is 0 Å². The minimum atomic E-state index is -0.566. The smallest absolute Gasteiger partial charge is 0.309 e. The molecule has 2 atom stereocenters. The van der Waals surface area contributed by atoms with E-state index in [1.54, 1.807) is 0 Å². The zero-order chi connectivity index (χ0) is 9.92. The Morgan fingerprint density at radius 2 is 1.79 bits per heavy atom. The summed E-state index contributed by atoms with van der Waals surface area (Å²) in [6.07, 6.45) is 4.98. The average Bonchev–Trinajstić information content (AvgIpc) is 2.12. The number of hydrogen-bond acceptors (Lipinski definition) is 2. The molecule has 4 saturated carbocycles. The molecule has 0 unspecified atom stereocenters. The van der Waals surface area contributed by atoms with E-state index in [4.69, 9.17) is 5.73 Å². The van der Waals surface area contributed by atoms with Crippen LogP contribution in [0.1, 0.15) is 32.1 Å². The molecule has 4 bridgehead atoms. The van der Waals surface area contributed by atoms with Gasteiger partial charge in [-0.15, -0.1) is 0 Å². The molecule has 0 heterocycles. The number of nitrogens with two attached hydrogens (primary N) is 1. The van der Waals surface area contributed by atoms with Gasteiger partial charge in [-0.1, -0.05) is 0 Å². The standard InChI is InChI=1S/C11H17NO2/c12-9-7-1-6-2-8(9)5-11(3-6,4-7)10(13)14/h6-9H,1-5,12H2,(H,13,14)/t6?,7-,8-,9?,11?/m1/s1. The van der Waals surface area contributed by atoms with Gasteiger partial charge in [0.2, 0.25) is 0 Å². The minimum absolute atomic E-state index is 0.291. The molecule has 4 fully saturated rings. The van der Waals surface area contributed by atoms with Gasteiger partial charge in [0.25, 0.3) is 0 Å². The molecular weight excluding hydrogens is 178 g/mol. The second-order valence-electron chi connectivity index (χ2n) is 5.63. The molecule has 0 saturated heterocycles. The maximum absolute atomic E-state index is 11.3. The van der Waals surface area contributed by atoms with Gasteiger partial charge >= 0.3 is 5.97 Å². The first-order valence-corrected chi connectivity index (χ1v) is 5.60. The molecule has 3 nitrogen and oxygen atoms in total. The van der Waals surface area contributed by atoms with Crippen molar-refractivity contribution in [3.05, 3.63) is 0 Å². The van der Waals surface area contributed by atoms with Gasteiger partial charge in [0.05, 0.1) is 5.41 Å². The normalized spacial score (nSPS) is 54.9. The number of aliphatic carboxylic acids is 1. The maximum atomic E-state index is 11.3. The van der Waals surface area contributed by atoms with E-state index in [1.807, 2.05) is 0 Å². The van der Waals surface area contributed by atoms with Crippen LogP contribution in [0.5, 0.6) is 0 Å². The summed E-state index contributed by atoms with van der Waals surface area (Å²) in [6.45, 7) is 0. The van der Waals surface area contributed by atoms with E-state index < -0.39 is 5.97 Å². The zero-order valence-electron chi connectivity index (χ0n) is 8.28. The van der Waals surface area contributed by atoms with E-state index in [0.717, 1.165) is 19.3 Å². The number of carboxylic acids is 1. The topological polar surface area (TPSA) is 63.3 Å². The molecule has 0 aliphatic heterocycles. The predicted octanol–water partition coefficient (Wildman–Crippen LogP) is 1.22. The first kappa shape index (κ1) is 8.72. The largest absolute Gasteiger partial charge is 0.481 e. The van der Waals surface area contributed by atoms with Crippen molar-refractivity contribution < 1.29 is 9.90 Å². The molecule has 3 heteroatoms. The van der Waals surface area contributed by atoms with Gasteiger partial charge in [-0.3, -0.25) is 4.79 Å². The molecule has 78 valence electrons. The molecule has 0 radical (unpaired) electrons. The Morgan fingerprint density at radius 3 is 2.29 bits per heavy atom. The molecule has 0 spiro atoms. The lowest BCUT2D eigenvalue weighted by molar-refractivity contribution is -0.166. The number of hydrogen-bond donors (Lipinski definition) is 2. The van der Waals surface area contributed by atoms with Crippen LogP contribution < -0.4 is 5.73 Å². The van der Waals surface area contributed by atoms with Crippen molar-refractivity contribution in [3.8, 4) is 0 Å². The summed E-state index contributed by atoms with van der Waals surface area (Å²) in [4.78, 5) is 11.3. The van der Waals surface area contributed by atoms with E-state index in [2.05, 4.69) is 0 Å². The Morgan fingerprint density at radius 1 is 1.21 bits per heavy atom. The van der Waals surface area contributed by atoms with Crippen LogP contribution in [0.2, 0.25) is 0 Å². The average molecular weight is 195 g/mol. The van der Waals surface area contributed by atoms with Gasteiger partial charge in [0.15, 0.2) is 0 Å². The van der Waals surface area contributed by atoms with Crippen LogP contribution in [-0.4, -0.2) is 17.1 Å². The fourth-order valence-corrected chi connectivity index (χ4v) is 4.33. The summed E-state index contributed by atoms with van der Waals surface area (Å²) in [6, 6.07) is 0.291. The van der Waals surface area contributed by atoms with Crippen molar-refractivity contribution >= 4 is 5.97 Å². The van der Waals surface area contributed by atoms with Crippen LogP contribution in [0, 0.1) is 23.2 Å². The van der Waals surface area contributed by atoms with Gasteiger partial charge in [-0.25, -0.2) is 0 Å². The van der Waals surface area contributed by atoms with Crippen LogP contribution in [0.4, 0.5) is 0 Å². The van der Waals surface area contributed by atoms with Crippen molar-refractivity contribution in [2.45, 2.75) is 38.1 Å². The number of carbonyl (C=O) groups is 1. The first-order chi connectivity index (χ1) is 6.61. The number of carboxylic acid groups (broad SMARTS) is 1. The molecule has 3 N–H and O–H groups in total. The van der Waals surface area contributed by atoms with Crippen molar-refractivity contribution in [2.24, 2.45) is 28.9 Å².